The van der Waals surface area contributed by atoms with E-state index in [9.17, 15) is 24.2 Å². The lowest BCUT2D eigenvalue weighted by molar-refractivity contribution is -0.158. The fraction of sp³-hybridized carbons (Fsp3) is 0.433. The first-order valence-electron chi connectivity index (χ1n) is 13.4. The highest BCUT2D eigenvalue weighted by Gasteiger charge is 2.49. The Bertz CT molecular complexity index is 1320. The normalized spacial score (nSPS) is 24.2. The lowest BCUT2D eigenvalue weighted by atomic mass is 9.68. The van der Waals surface area contributed by atoms with Crippen LogP contribution in [0.15, 0.2) is 60.0 Å². The van der Waals surface area contributed by atoms with E-state index in [1.165, 1.54) is 16.2 Å². The van der Waals surface area contributed by atoms with Gasteiger partial charge in [-0.3, -0.25) is 9.59 Å². The molecule has 9 heteroatoms. The van der Waals surface area contributed by atoms with Crippen LogP contribution in [0.4, 0.5) is 4.39 Å². The van der Waals surface area contributed by atoms with Crippen LogP contribution in [0, 0.1) is 5.41 Å². The van der Waals surface area contributed by atoms with Gasteiger partial charge >= 0.3 is 0 Å². The highest BCUT2D eigenvalue weighted by Crippen LogP contribution is 2.53. The summed E-state index contributed by atoms with van der Waals surface area (Å²) >= 11 is 1.39. The topological polar surface area (TPSA) is 103 Å². The number of fused-ring (bicyclic) bond motifs is 1. The third kappa shape index (κ3) is 5.90. The Labute approximate surface area is 231 Å². The molecule has 7 nitrogen and oxygen atoms in total. The van der Waals surface area contributed by atoms with Crippen LogP contribution in [0.3, 0.4) is 0 Å². The molecule has 2 unspecified atom stereocenters. The van der Waals surface area contributed by atoms with Gasteiger partial charge in [0.25, 0.3) is 11.8 Å². The number of aliphatic hydroxyl groups excluding tert-OH is 2. The van der Waals surface area contributed by atoms with E-state index in [2.05, 4.69) is 10.3 Å². The molecule has 1 fully saturated rings. The van der Waals surface area contributed by atoms with E-state index in [1.807, 2.05) is 66.9 Å². The molecule has 2 aromatic carbocycles. The molecule has 0 saturated heterocycles. The SMILES string of the molecule is CC1([C@@H]2c3ccccc3CN2C(=O)[C@H](O)[C@@H](O)C(=O)NCc2nc(Cc3ccccc3)cs2)CCCC(F)C1. The number of amides is 2. The van der Waals surface area contributed by atoms with E-state index in [4.69, 9.17) is 0 Å². The lowest BCUT2D eigenvalue weighted by Crippen LogP contribution is -2.52. The third-order valence-corrected chi connectivity index (χ3v) is 8.86. The number of thiazole rings is 1. The average Bonchev–Trinajstić information content (AvgIpc) is 3.55. The maximum Gasteiger partial charge on any atom is 0.255 e. The third-order valence-electron chi connectivity index (χ3n) is 7.96. The first-order chi connectivity index (χ1) is 18.7. The highest BCUT2D eigenvalue weighted by atomic mass is 32.1. The van der Waals surface area contributed by atoms with E-state index >= 15 is 0 Å². The first-order valence-corrected chi connectivity index (χ1v) is 14.3. The van der Waals surface area contributed by atoms with Gasteiger partial charge in [0, 0.05) is 18.3 Å². The number of aromatic nitrogens is 1. The number of rotatable bonds is 8. The number of carbonyl (C=O) groups is 2. The number of nitrogens with one attached hydrogen (secondary N) is 1. The van der Waals surface area contributed by atoms with Crippen molar-refractivity contribution in [3.05, 3.63) is 87.4 Å². The zero-order valence-electron chi connectivity index (χ0n) is 21.9. The monoisotopic (exact) mass is 551 g/mol. The molecule has 1 aliphatic carbocycles. The van der Waals surface area contributed by atoms with Gasteiger partial charge in [-0.25, -0.2) is 9.37 Å². The van der Waals surface area contributed by atoms with Crippen LogP contribution in [-0.2, 0) is 29.1 Å². The summed E-state index contributed by atoms with van der Waals surface area (Å²) in [6.07, 6.45) is -1.89. The van der Waals surface area contributed by atoms with Gasteiger partial charge in [-0.05, 0) is 47.8 Å². The standard InChI is InChI=1S/C30H34FN3O4S/c1-30(13-7-11-21(31)15-30)27-23-12-6-5-10-20(23)17-34(27)29(38)26(36)25(35)28(37)32-16-24-33-22(18-39-24)14-19-8-3-2-4-9-19/h2-6,8-10,12,18,21,25-27,35-36H,7,11,13-17H2,1H3,(H,32,37)/t21?,25-,26-,27+,30?/m1/s1. The molecule has 5 atom stereocenters. The van der Waals surface area contributed by atoms with E-state index in [0.29, 0.717) is 24.3 Å². The van der Waals surface area contributed by atoms with Gasteiger partial charge in [0.15, 0.2) is 12.2 Å². The second-order valence-corrected chi connectivity index (χ2v) is 11.9. The molecule has 1 aliphatic heterocycles. The van der Waals surface area contributed by atoms with Crippen LogP contribution in [0.1, 0.15) is 66.0 Å². The van der Waals surface area contributed by atoms with E-state index in [-0.39, 0.29) is 13.1 Å². The Morgan fingerprint density at radius 3 is 2.67 bits per heavy atom. The Kier molecular flexibility index (Phi) is 8.11. The minimum Gasteiger partial charge on any atom is -0.380 e. The Morgan fingerprint density at radius 2 is 1.90 bits per heavy atom. The summed E-state index contributed by atoms with van der Waals surface area (Å²) in [5.41, 5.74) is 3.34. The summed E-state index contributed by atoms with van der Waals surface area (Å²) in [5, 5.41) is 26.6. The minimum atomic E-state index is -1.95. The number of aliphatic hydroxyl groups is 2. The minimum absolute atomic E-state index is 0.0734. The predicted octanol–water partition coefficient (Wildman–Crippen LogP) is 4.07. The fourth-order valence-corrected chi connectivity index (χ4v) is 6.80. The van der Waals surface area contributed by atoms with Crippen molar-refractivity contribution in [2.45, 2.75) is 76.5 Å². The molecular formula is C30H34FN3O4S. The van der Waals surface area contributed by atoms with Crippen molar-refractivity contribution in [3.8, 4) is 0 Å². The smallest absolute Gasteiger partial charge is 0.255 e. The molecule has 0 spiro atoms. The summed E-state index contributed by atoms with van der Waals surface area (Å²) in [4.78, 5) is 32.3. The van der Waals surface area contributed by atoms with Crippen molar-refractivity contribution in [2.75, 3.05) is 0 Å². The Morgan fingerprint density at radius 1 is 1.15 bits per heavy atom. The van der Waals surface area contributed by atoms with Crippen molar-refractivity contribution < 1.29 is 24.2 Å². The van der Waals surface area contributed by atoms with Gasteiger partial charge in [-0.1, -0.05) is 61.5 Å². The number of nitrogens with zero attached hydrogens (tertiary/aromatic N) is 2. The maximum absolute atomic E-state index is 14.5. The van der Waals surface area contributed by atoms with Crippen molar-refractivity contribution >= 4 is 23.2 Å². The zero-order chi connectivity index (χ0) is 27.6. The molecular weight excluding hydrogens is 517 g/mol. The number of halogens is 1. The summed E-state index contributed by atoms with van der Waals surface area (Å²) < 4.78 is 14.5. The number of hydrogen-bond acceptors (Lipinski definition) is 6. The maximum atomic E-state index is 14.5. The van der Waals surface area contributed by atoms with Gasteiger partial charge in [-0.2, -0.15) is 0 Å². The van der Waals surface area contributed by atoms with Crippen molar-refractivity contribution in [1.82, 2.24) is 15.2 Å². The molecule has 0 bridgehead atoms. The molecule has 2 heterocycles. The summed E-state index contributed by atoms with van der Waals surface area (Å²) in [6, 6.07) is 17.1. The van der Waals surface area contributed by atoms with Crippen LogP contribution in [0.5, 0.6) is 0 Å². The van der Waals surface area contributed by atoms with Gasteiger partial charge in [0.2, 0.25) is 0 Å². The molecule has 2 amide bonds. The fourth-order valence-electron chi connectivity index (χ4n) is 6.06. The average molecular weight is 552 g/mol. The van der Waals surface area contributed by atoms with Crippen LogP contribution in [0.2, 0.25) is 0 Å². The number of benzene rings is 2. The quantitative estimate of drug-likeness (QED) is 0.392. The van der Waals surface area contributed by atoms with Crippen molar-refractivity contribution in [1.29, 1.82) is 0 Å². The molecule has 1 aromatic heterocycles. The first kappa shape index (κ1) is 27.4. The number of carbonyl (C=O) groups excluding carboxylic acids is 2. The second kappa shape index (κ2) is 11.5. The Hall–Kier alpha value is -3.14. The van der Waals surface area contributed by atoms with Crippen LogP contribution in [0.25, 0.3) is 0 Å². The molecule has 0 radical (unpaired) electrons. The molecule has 206 valence electrons. The van der Waals surface area contributed by atoms with Crippen molar-refractivity contribution in [2.24, 2.45) is 5.41 Å². The van der Waals surface area contributed by atoms with Gasteiger partial charge in [0.1, 0.15) is 11.2 Å². The molecule has 39 heavy (non-hydrogen) atoms. The molecule has 3 N–H and O–H groups in total. The van der Waals surface area contributed by atoms with E-state index in [0.717, 1.165) is 35.2 Å². The molecule has 2 aliphatic rings. The highest BCUT2D eigenvalue weighted by molar-refractivity contribution is 7.09. The second-order valence-electron chi connectivity index (χ2n) is 10.9. The van der Waals surface area contributed by atoms with Crippen LogP contribution in [-0.4, -0.2) is 50.3 Å². The van der Waals surface area contributed by atoms with Crippen LogP contribution >= 0.6 is 11.3 Å². The van der Waals surface area contributed by atoms with E-state index < -0.39 is 41.7 Å². The van der Waals surface area contributed by atoms with Gasteiger partial charge in [0.05, 0.1) is 18.3 Å². The largest absolute Gasteiger partial charge is 0.380 e. The molecule has 5 rings (SSSR count). The molecule has 3 aromatic rings. The Balaban J connectivity index is 1.23. The predicted molar refractivity (Wildman–Crippen MR) is 146 cm³/mol. The van der Waals surface area contributed by atoms with Gasteiger partial charge < -0.3 is 20.4 Å². The molecule has 1 saturated carbocycles. The summed E-state index contributed by atoms with van der Waals surface area (Å²) in [7, 11) is 0. The summed E-state index contributed by atoms with van der Waals surface area (Å²) in [6.45, 7) is 2.30. The summed E-state index contributed by atoms with van der Waals surface area (Å²) in [5.74, 6) is -1.59. The van der Waals surface area contributed by atoms with Gasteiger partial charge in [-0.15, -0.1) is 11.3 Å². The zero-order valence-corrected chi connectivity index (χ0v) is 22.7. The lowest BCUT2D eigenvalue weighted by Gasteiger charge is -2.45. The van der Waals surface area contributed by atoms with Crippen LogP contribution < -0.4 is 5.32 Å². The van der Waals surface area contributed by atoms with E-state index in [1.54, 1.807) is 0 Å². The number of hydrogen-bond donors (Lipinski definition) is 3. The number of alkyl halides is 1. The van der Waals surface area contributed by atoms with Crippen molar-refractivity contribution in [3.63, 3.8) is 0 Å².